The van der Waals surface area contributed by atoms with E-state index in [1.165, 1.54) is 18.5 Å². The molecule has 1 aliphatic heterocycles. The topological polar surface area (TPSA) is 65.1 Å². The predicted molar refractivity (Wildman–Crippen MR) is 95.4 cm³/mol. The molecule has 25 heavy (non-hydrogen) atoms. The second kappa shape index (κ2) is 5.58. The van der Waals surface area contributed by atoms with Gasteiger partial charge in [-0.1, -0.05) is 18.2 Å². The van der Waals surface area contributed by atoms with Gasteiger partial charge in [0.2, 0.25) is 0 Å². The number of H-pyrrole nitrogens is 1. The van der Waals surface area contributed by atoms with Gasteiger partial charge in [-0.25, -0.2) is 0 Å². The average Bonchev–Trinajstić information content (AvgIpc) is 3.42. The molecular weight excluding hydrogens is 314 g/mol. The zero-order valence-electron chi connectivity index (χ0n) is 13.9. The van der Waals surface area contributed by atoms with E-state index in [0.717, 1.165) is 23.0 Å². The van der Waals surface area contributed by atoms with Crippen molar-refractivity contribution in [3.8, 4) is 0 Å². The Morgan fingerprint density at radius 3 is 2.92 bits per heavy atom. The predicted octanol–water partition coefficient (Wildman–Crippen LogP) is 2.58. The Hall–Kier alpha value is -2.89. The van der Waals surface area contributed by atoms with Gasteiger partial charge in [0.25, 0.3) is 5.91 Å². The first-order valence-corrected chi connectivity index (χ1v) is 8.73. The van der Waals surface area contributed by atoms with Crippen LogP contribution in [0, 0.1) is 0 Å². The van der Waals surface area contributed by atoms with Gasteiger partial charge < -0.3 is 9.80 Å². The molecule has 1 amide bonds. The van der Waals surface area contributed by atoms with Gasteiger partial charge >= 0.3 is 0 Å². The van der Waals surface area contributed by atoms with E-state index in [-0.39, 0.29) is 5.91 Å². The molecule has 1 aliphatic carbocycles. The van der Waals surface area contributed by atoms with E-state index in [4.69, 9.17) is 0 Å². The molecule has 5 rings (SSSR count). The third-order valence-electron chi connectivity index (χ3n) is 5.11. The number of carbonyl (C=O) groups excluding carboxylic acids is 1. The molecule has 2 aliphatic rings. The maximum atomic E-state index is 13.1. The SMILES string of the molecule is O=C(c1n[nH]c2ccccc12)N1CCN(C2CC2)c2ccncc2C1. The lowest BCUT2D eigenvalue weighted by atomic mass is 10.1. The van der Waals surface area contributed by atoms with Gasteiger partial charge in [0.05, 0.1) is 5.52 Å². The first kappa shape index (κ1) is 14.5. The molecule has 0 radical (unpaired) electrons. The van der Waals surface area contributed by atoms with Crippen molar-refractivity contribution in [2.75, 3.05) is 18.0 Å². The van der Waals surface area contributed by atoms with Crippen molar-refractivity contribution in [3.05, 3.63) is 54.0 Å². The highest BCUT2D eigenvalue weighted by molar-refractivity contribution is 6.04. The maximum Gasteiger partial charge on any atom is 0.275 e. The number of anilines is 1. The number of fused-ring (bicyclic) bond motifs is 2. The molecule has 0 atom stereocenters. The van der Waals surface area contributed by atoms with Crippen molar-refractivity contribution < 1.29 is 4.79 Å². The third-order valence-corrected chi connectivity index (χ3v) is 5.11. The van der Waals surface area contributed by atoms with E-state index in [0.29, 0.717) is 24.8 Å². The average molecular weight is 333 g/mol. The van der Waals surface area contributed by atoms with E-state index < -0.39 is 0 Å². The number of benzene rings is 1. The molecule has 3 aromatic rings. The van der Waals surface area contributed by atoms with Crippen molar-refractivity contribution in [2.45, 2.75) is 25.4 Å². The summed E-state index contributed by atoms with van der Waals surface area (Å²) in [5.41, 5.74) is 3.73. The highest BCUT2D eigenvalue weighted by Crippen LogP contribution is 2.35. The van der Waals surface area contributed by atoms with E-state index >= 15 is 0 Å². The number of aromatic nitrogens is 3. The number of rotatable bonds is 2. The number of amides is 1. The largest absolute Gasteiger partial charge is 0.366 e. The lowest BCUT2D eigenvalue weighted by molar-refractivity contribution is 0.0747. The highest BCUT2D eigenvalue weighted by atomic mass is 16.2. The minimum atomic E-state index is -0.0232. The van der Waals surface area contributed by atoms with Gasteiger partial charge in [0, 0.05) is 54.7 Å². The molecule has 6 heteroatoms. The summed E-state index contributed by atoms with van der Waals surface area (Å²) in [6, 6.07) is 10.4. The van der Waals surface area contributed by atoms with Crippen molar-refractivity contribution in [1.29, 1.82) is 0 Å². The van der Waals surface area contributed by atoms with Crippen molar-refractivity contribution in [2.24, 2.45) is 0 Å². The highest BCUT2D eigenvalue weighted by Gasteiger charge is 2.34. The van der Waals surface area contributed by atoms with Crippen LogP contribution in [0.15, 0.2) is 42.7 Å². The number of nitrogens with zero attached hydrogens (tertiary/aromatic N) is 4. The van der Waals surface area contributed by atoms with E-state index in [1.54, 1.807) is 0 Å². The molecule has 0 spiro atoms. The summed E-state index contributed by atoms with van der Waals surface area (Å²) in [6.45, 7) is 2.13. The van der Waals surface area contributed by atoms with Crippen LogP contribution in [-0.2, 0) is 6.54 Å². The smallest absolute Gasteiger partial charge is 0.275 e. The van der Waals surface area contributed by atoms with Gasteiger partial charge in [-0.3, -0.25) is 14.9 Å². The molecule has 3 heterocycles. The molecule has 1 N–H and O–H groups in total. The standard InChI is InChI=1S/C19H19N5O/c25-19(18-15-3-1-2-4-16(15)21-22-18)23-9-10-24(14-5-6-14)17-7-8-20-11-13(17)12-23/h1-4,7-8,11,14H,5-6,9-10,12H2,(H,21,22). The molecule has 6 nitrogen and oxygen atoms in total. The molecule has 126 valence electrons. The van der Waals surface area contributed by atoms with Gasteiger partial charge in [-0.2, -0.15) is 5.10 Å². The first-order chi connectivity index (χ1) is 12.3. The molecule has 0 bridgehead atoms. The summed E-state index contributed by atoms with van der Waals surface area (Å²) < 4.78 is 0. The molecule has 0 saturated heterocycles. The van der Waals surface area contributed by atoms with Crippen molar-refractivity contribution in [1.82, 2.24) is 20.1 Å². The van der Waals surface area contributed by atoms with E-state index in [2.05, 4.69) is 26.1 Å². The third kappa shape index (κ3) is 2.45. The van der Waals surface area contributed by atoms with Gasteiger partial charge in [-0.15, -0.1) is 0 Å². The Labute approximate surface area is 145 Å². The second-order valence-corrected chi connectivity index (χ2v) is 6.77. The minimum absolute atomic E-state index is 0.0232. The van der Waals surface area contributed by atoms with Gasteiger partial charge in [-0.05, 0) is 25.0 Å². The van der Waals surface area contributed by atoms with Crippen LogP contribution in [-0.4, -0.2) is 45.1 Å². The van der Waals surface area contributed by atoms with Crippen LogP contribution in [0.5, 0.6) is 0 Å². The number of aromatic amines is 1. The first-order valence-electron chi connectivity index (χ1n) is 8.73. The Bertz CT molecular complexity index is 946. The lowest BCUT2D eigenvalue weighted by Crippen LogP contribution is -2.36. The molecule has 1 aromatic carbocycles. The maximum absolute atomic E-state index is 13.1. The number of carbonyl (C=O) groups is 1. The molecule has 2 aromatic heterocycles. The van der Waals surface area contributed by atoms with Crippen LogP contribution in [0.1, 0.15) is 28.9 Å². The zero-order chi connectivity index (χ0) is 16.8. The van der Waals surface area contributed by atoms with Crippen LogP contribution in [0.4, 0.5) is 5.69 Å². The van der Waals surface area contributed by atoms with Gasteiger partial charge in [0.1, 0.15) is 0 Å². The van der Waals surface area contributed by atoms with Crippen LogP contribution < -0.4 is 4.90 Å². The summed E-state index contributed by atoms with van der Waals surface area (Å²) in [4.78, 5) is 21.7. The monoisotopic (exact) mass is 333 g/mol. The van der Waals surface area contributed by atoms with Crippen LogP contribution in [0.3, 0.4) is 0 Å². The van der Waals surface area contributed by atoms with Gasteiger partial charge in [0.15, 0.2) is 5.69 Å². The minimum Gasteiger partial charge on any atom is -0.366 e. The Kier molecular flexibility index (Phi) is 3.23. The fourth-order valence-corrected chi connectivity index (χ4v) is 3.67. The molecular formula is C19H19N5O. The van der Waals surface area contributed by atoms with Crippen molar-refractivity contribution >= 4 is 22.5 Å². The Morgan fingerprint density at radius 1 is 1.16 bits per heavy atom. The van der Waals surface area contributed by atoms with Crippen molar-refractivity contribution in [3.63, 3.8) is 0 Å². The fourth-order valence-electron chi connectivity index (χ4n) is 3.67. The molecule has 1 fully saturated rings. The Balaban J connectivity index is 1.49. The summed E-state index contributed by atoms with van der Waals surface area (Å²) in [6.07, 6.45) is 6.20. The number of hydrogen-bond acceptors (Lipinski definition) is 4. The van der Waals surface area contributed by atoms with Crippen LogP contribution >= 0.6 is 0 Å². The second-order valence-electron chi connectivity index (χ2n) is 6.77. The number of hydrogen-bond donors (Lipinski definition) is 1. The number of para-hydroxylation sites is 1. The summed E-state index contributed by atoms with van der Waals surface area (Å²) in [5.74, 6) is -0.0232. The zero-order valence-corrected chi connectivity index (χ0v) is 13.9. The number of pyridine rings is 1. The normalized spacial score (nSPS) is 17.4. The van der Waals surface area contributed by atoms with E-state index in [1.807, 2.05) is 41.6 Å². The summed E-state index contributed by atoms with van der Waals surface area (Å²) in [7, 11) is 0. The molecule has 0 unspecified atom stereocenters. The summed E-state index contributed by atoms with van der Waals surface area (Å²) >= 11 is 0. The lowest BCUT2D eigenvalue weighted by Gasteiger charge is -2.24. The summed E-state index contributed by atoms with van der Waals surface area (Å²) in [5, 5.41) is 8.11. The molecule has 1 saturated carbocycles. The quantitative estimate of drug-likeness (QED) is 0.783. The van der Waals surface area contributed by atoms with Crippen LogP contribution in [0.2, 0.25) is 0 Å². The fraction of sp³-hybridized carbons (Fsp3) is 0.316. The Morgan fingerprint density at radius 2 is 2.04 bits per heavy atom. The van der Waals surface area contributed by atoms with E-state index in [9.17, 15) is 4.79 Å². The number of nitrogens with one attached hydrogen (secondary N) is 1. The van der Waals surface area contributed by atoms with Crippen LogP contribution in [0.25, 0.3) is 10.9 Å².